The first kappa shape index (κ1) is 14.6. The SMILES string of the molecule is Cc1csc(CCNc2cc(C(F)(F)F)ncc2N)n1. The lowest BCUT2D eigenvalue weighted by Gasteiger charge is -2.11. The second kappa shape index (κ2) is 5.66. The molecule has 2 heterocycles. The summed E-state index contributed by atoms with van der Waals surface area (Å²) in [5.41, 5.74) is 6.01. The minimum absolute atomic E-state index is 0.188. The topological polar surface area (TPSA) is 63.8 Å². The average Bonchev–Trinajstić information content (AvgIpc) is 2.76. The molecule has 0 saturated heterocycles. The summed E-state index contributed by atoms with van der Waals surface area (Å²) in [5, 5.41) is 5.74. The molecule has 0 bridgehead atoms. The number of aromatic nitrogens is 2. The van der Waals surface area contributed by atoms with Crippen LogP contribution < -0.4 is 11.1 Å². The molecule has 0 atom stereocenters. The maximum Gasteiger partial charge on any atom is 0.433 e. The third-order valence-corrected chi connectivity index (χ3v) is 3.57. The van der Waals surface area contributed by atoms with Gasteiger partial charge >= 0.3 is 6.18 Å². The van der Waals surface area contributed by atoms with Gasteiger partial charge in [0.15, 0.2) is 0 Å². The molecule has 0 spiro atoms. The van der Waals surface area contributed by atoms with Crippen molar-refractivity contribution in [2.75, 3.05) is 17.6 Å². The number of nitrogens with zero attached hydrogens (tertiary/aromatic N) is 2. The van der Waals surface area contributed by atoms with E-state index in [4.69, 9.17) is 5.73 Å². The van der Waals surface area contributed by atoms with Crippen LogP contribution in [0.3, 0.4) is 0 Å². The van der Waals surface area contributed by atoms with Crippen molar-refractivity contribution in [1.29, 1.82) is 0 Å². The number of rotatable bonds is 4. The Morgan fingerprint density at radius 1 is 1.40 bits per heavy atom. The first-order valence-corrected chi connectivity index (χ1v) is 6.72. The van der Waals surface area contributed by atoms with Crippen LogP contribution in [0.25, 0.3) is 0 Å². The number of nitrogen functional groups attached to an aromatic ring is 1. The lowest BCUT2D eigenvalue weighted by Crippen LogP contribution is -2.12. The average molecular weight is 302 g/mol. The molecule has 8 heteroatoms. The number of halogens is 3. The Morgan fingerprint density at radius 2 is 2.15 bits per heavy atom. The number of hydrogen-bond acceptors (Lipinski definition) is 5. The number of hydrogen-bond donors (Lipinski definition) is 2. The highest BCUT2D eigenvalue weighted by molar-refractivity contribution is 7.09. The van der Waals surface area contributed by atoms with E-state index in [9.17, 15) is 13.2 Å². The zero-order valence-corrected chi connectivity index (χ0v) is 11.5. The standard InChI is InChI=1S/C12H13F3N4S/c1-7-6-20-11(19-7)2-3-17-9-4-10(12(13,14)15)18-5-8(9)16/h4-6H,2-3,16H2,1H3,(H,17,18). The predicted molar refractivity (Wildman–Crippen MR) is 72.7 cm³/mol. The maximum atomic E-state index is 12.6. The highest BCUT2D eigenvalue weighted by Crippen LogP contribution is 2.31. The Labute approximate surface area is 117 Å². The van der Waals surface area contributed by atoms with E-state index in [2.05, 4.69) is 15.3 Å². The summed E-state index contributed by atoms with van der Waals surface area (Å²) in [4.78, 5) is 7.56. The molecular formula is C12H13F3N4S. The smallest absolute Gasteiger partial charge is 0.396 e. The van der Waals surface area contributed by atoms with Crippen LogP contribution in [0.15, 0.2) is 17.6 Å². The summed E-state index contributed by atoms with van der Waals surface area (Å²) in [6.07, 6.45) is -2.84. The molecule has 108 valence electrons. The molecule has 20 heavy (non-hydrogen) atoms. The number of pyridine rings is 1. The van der Waals surface area contributed by atoms with Gasteiger partial charge in [-0.1, -0.05) is 0 Å². The van der Waals surface area contributed by atoms with Crippen molar-refractivity contribution in [2.45, 2.75) is 19.5 Å². The molecule has 0 unspecified atom stereocenters. The molecule has 4 nitrogen and oxygen atoms in total. The van der Waals surface area contributed by atoms with Gasteiger partial charge in [-0.3, -0.25) is 0 Å². The molecule has 0 aliphatic heterocycles. The lowest BCUT2D eigenvalue weighted by molar-refractivity contribution is -0.141. The Bertz CT molecular complexity index is 595. The van der Waals surface area contributed by atoms with Gasteiger partial charge in [-0.05, 0) is 13.0 Å². The van der Waals surface area contributed by atoms with E-state index in [1.807, 2.05) is 12.3 Å². The van der Waals surface area contributed by atoms with Gasteiger partial charge in [0.2, 0.25) is 0 Å². The van der Waals surface area contributed by atoms with Gasteiger partial charge in [0, 0.05) is 24.0 Å². The van der Waals surface area contributed by atoms with Crippen molar-refractivity contribution in [3.63, 3.8) is 0 Å². The van der Waals surface area contributed by atoms with Crippen LogP contribution in [0, 0.1) is 6.92 Å². The van der Waals surface area contributed by atoms with Crippen LogP contribution in [0.1, 0.15) is 16.4 Å². The quantitative estimate of drug-likeness (QED) is 0.911. The molecule has 0 aliphatic rings. The number of anilines is 2. The monoisotopic (exact) mass is 302 g/mol. The van der Waals surface area contributed by atoms with Crippen molar-refractivity contribution >= 4 is 22.7 Å². The van der Waals surface area contributed by atoms with E-state index in [1.54, 1.807) is 0 Å². The van der Waals surface area contributed by atoms with Gasteiger partial charge in [0.05, 0.1) is 22.6 Å². The Balaban J connectivity index is 2.02. The van der Waals surface area contributed by atoms with Gasteiger partial charge in [0.25, 0.3) is 0 Å². The molecule has 2 rings (SSSR count). The fourth-order valence-electron chi connectivity index (χ4n) is 1.60. The zero-order chi connectivity index (χ0) is 14.8. The van der Waals surface area contributed by atoms with Crippen molar-refractivity contribution in [3.8, 4) is 0 Å². The van der Waals surface area contributed by atoms with E-state index in [1.165, 1.54) is 11.3 Å². The van der Waals surface area contributed by atoms with Crippen molar-refractivity contribution in [1.82, 2.24) is 9.97 Å². The fourth-order valence-corrected chi connectivity index (χ4v) is 2.37. The summed E-state index contributed by atoms with van der Waals surface area (Å²) in [6, 6.07) is 0.919. The molecule has 0 radical (unpaired) electrons. The summed E-state index contributed by atoms with van der Waals surface area (Å²) >= 11 is 1.52. The van der Waals surface area contributed by atoms with Crippen molar-refractivity contribution < 1.29 is 13.2 Å². The first-order chi connectivity index (χ1) is 9.36. The van der Waals surface area contributed by atoms with E-state index in [-0.39, 0.29) is 11.4 Å². The summed E-state index contributed by atoms with van der Waals surface area (Å²) in [7, 11) is 0. The zero-order valence-electron chi connectivity index (χ0n) is 10.7. The van der Waals surface area contributed by atoms with Gasteiger partial charge in [-0.2, -0.15) is 13.2 Å². The van der Waals surface area contributed by atoms with E-state index in [0.29, 0.717) is 13.0 Å². The van der Waals surface area contributed by atoms with Crippen LogP contribution >= 0.6 is 11.3 Å². The number of alkyl halides is 3. The molecule has 2 aromatic rings. The normalized spacial score (nSPS) is 11.6. The molecular weight excluding hydrogens is 289 g/mol. The molecule has 0 saturated carbocycles. The van der Waals surface area contributed by atoms with Gasteiger partial charge in [-0.15, -0.1) is 11.3 Å². The van der Waals surface area contributed by atoms with Crippen LogP contribution in [-0.2, 0) is 12.6 Å². The third-order valence-electron chi connectivity index (χ3n) is 2.55. The lowest BCUT2D eigenvalue weighted by atomic mass is 10.2. The molecule has 0 aliphatic carbocycles. The van der Waals surface area contributed by atoms with Gasteiger partial charge in [0.1, 0.15) is 5.69 Å². The van der Waals surface area contributed by atoms with E-state index in [0.717, 1.165) is 23.0 Å². The maximum absolute atomic E-state index is 12.6. The van der Waals surface area contributed by atoms with Gasteiger partial charge in [-0.25, -0.2) is 9.97 Å². The first-order valence-electron chi connectivity index (χ1n) is 5.84. The van der Waals surface area contributed by atoms with E-state index < -0.39 is 11.9 Å². The second-order valence-electron chi connectivity index (χ2n) is 4.21. The minimum Gasteiger partial charge on any atom is -0.396 e. The van der Waals surface area contributed by atoms with Crippen LogP contribution in [0.2, 0.25) is 0 Å². The fraction of sp³-hybridized carbons (Fsp3) is 0.333. The molecule has 0 fully saturated rings. The highest BCUT2D eigenvalue weighted by atomic mass is 32.1. The molecule has 0 aromatic carbocycles. The number of nitrogens with one attached hydrogen (secondary N) is 1. The molecule has 0 amide bonds. The van der Waals surface area contributed by atoms with Crippen LogP contribution in [-0.4, -0.2) is 16.5 Å². The number of nitrogens with two attached hydrogens (primary N) is 1. The Hall–Kier alpha value is -1.83. The van der Waals surface area contributed by atoms with E-state index >= 15 is 0 Å². The van der Waals surface area contributed by atoms with Crippen LogP contribution in [0.4, 0.5) is 24.5 Å². The predicted octanol–water partition coefficient (Wildman–Crippen LogP) is 3.10. The van der Waals surface area contributed by atoms with Crippen molar-refractivity contribution in [2.24, 2.45) is 0 Å². The Kier molecular flexibility index (Phi) is 4.12. The Morgan fingerprint density at radius 3 is 2.75 bits per heavy atom. The molecule has 2 aromatic heterocycles. The highest BCUT2D eigenvalue weighted by Gasteiger charge is 2.32. The second-order valence-corrected chi connectivity index (χ2v) is 5.16. The third kappa shape index (κ3) is 3.60. The van der Waals surface area contributed by atoms with Gasteiger partial charge < -0.3 is 11.1 Å². The van der Waals surface area contributed by atoms with Crippen molar-refractivity contribution in [3.05, 3.63) is 34.0 Å². The summed E-state index contributed by atoms with van der Waals surface area (Å²) in [6.45, 7) is 2.35. The molecule has 3 N–H and O–H groups in total. The number of aryl methyl sites for hydroxylation is 1. The minimum atomic E-state index is -4.48. The number of thiazole rings is 1. The largest absolute Gasteiger partial charge is 0.433 e. The summed E-state index contributed by atoms with van der Waals surface area (Å²) < 4.78 is 37.7. The summed E-state index contributed by atoms with van der Waals surface area (Å²) in [5.74, 6) is 0. The van der Waals surface area contributed by atoms with Crippen LogP contribution in [0.5, 0.6) is 0 Å².